The monoisotopic (exact) mass is 278 g/mol. The zero-order valence-electron chi connectivity index (χ0n) is 11.2. The van der Waals surface area contributed by atoms with Gasteiger partial charge >= 0.3 is 0 Å². The van der Waals surface area contributed by atoms with E-state index in [1.807, 2.05) is 12.2 Å². The third-order valence-corrected chi connectivity index (χ3v) is 3.39. The molecular formula is C15H18O3S. The highest BCUT2D eigenvalue weighted by atomic mass is 32.2. The quantitative estimate of drug-likeness (QED) is 0.637. The number of phenols is 1. The lowest BCUT2D eigenvalue weighted by atomic mass is 10.0. The van der Waals surface area contributed by atoms with Crippen LogP contribution >= 0.6 is 11.8 Å². The highest BCUT2D eigenvalue weighted by molar-refractivity contribution is 8.13. The van der Waals surface area contributed by atoms with Gasteiger partial charge in [-0.05, 0) is 24.1 Å². The van der Waals surface area contributed by atoms with Gasteiger partial charge in [0.1, 0.15) is 5.75 Å². The van der Waals surface area contributed by atoms with Crippen molar-refractivity contribution in [2.45, 2.75) is 26.7 Å². The summed E-state index contributed by atoms with van der Waals surface area (Å²) in [5, 5.41) is 9.74. The van der Waals surface area contributed by atoms with Gasteiger partial charge in [0.15, 0.2) is 10.9 Å². The molecule has 0 spiro atoms. The standard InChI is InChI=1S/C15H18O3S/c1-3-14(17)13-10-12(7-8-15(13)18)6-4-5-9-19-11(2)16/h4,6-8,10,18H,3,5,9H2,1-2H3. The van der Waals surface area contributed by atoms with Crippen molar-refractivity contribution in [2.75, 3.05) is 5.75 Å². The Morgan fingerprint density at radius 3 is 2.74 bits per heavy atom. The zero-order chi connectivity index (χ0) is 14.3. The van der Waals surface area contributed by atoms with Crippen LogP contribution in [0, 0.1) is 0 Å². The predicted molar refractivity (Wildman–Crippen MR) is 79.5 cm³/mol. The molecule has 0 fully saturated rings. The minimum atomic E-state index is -0.0696. The number of benzene rings is 1. The lowest BCUT2D eigenvalue weighted by Crippen LogP contribution is -1.97. The van der Waals surface area contributed by atoms with Crippen LogP contribution in [-0.2, 0) is 4.79 Å². The SMILES string of the molecule is CCC(=O)c1cc(C=CCCSC(C)=O)ccc1O. The summed E-state index contributed by atoms with van der Waals surface area (Å²) in [5.74, 6) is 0.709. The first kappa shape index (κ1) is 15.5. The minimum absolute atomic E-state index is 0.0242. The Morgan fingerprint density at radius 1 is 1.37 bits per heavy atom. The first-order valence-electron chi connectivity index (χ1n) is 6.20. The number of hydrogen-bond donors (Lipinski definition) is 1. The lowest BCUT2D eigenvalue weighted by Gasteiger charge is -2.03. The van der Waals surface area contributed by atoms with Crippen molar-refractivity contribution in [3.8, 4) is 5.75 Å². The maximum Gasteiger partial charge on any atom is 0.185 e. The largest absolute Gasteiger partial charge is 0.507 e. The molecule has 0 aliphatic rings. The first-order valence-corrected chi connectivity index (χ1v) is 7.19. The summed E-state index contributed by atoms with van der Waals surface area (Å²) in [4.78, 5) is 22.4. The number of aromatic hydroxyl groups is 1. The Bertz CT molecular complexity index is 492. The fourth-order valence-electron chi connectivity index (χ4n) is 1.56. The van der Waals surface area contributed by atoms with Crippen LogP contribution in [0.5, 0.6) is 5.75 Å². The molecule has 0 radical (unpaired) electrons. The van der Waals surface area contributed by atoms with Gasteiger partial charge in [0.05, 0.1) is 5.56 Å². The number of allylic oxidation sites excluding steroid dienone is 1. The molecule has 0 saturated heterocycles. The number of thioether (sulfide) groups is 1. The number of ketones is 1. The van der Waals surface area contributed by atoms with Gasteiger partial charge in [-0.1, -0.05) is 36.9 Å². The second-order valence-electron chi connectivity index (χ2n) is 4.08. The van der Waals surface area contributed by atoms with Crippen molar-refractivity contribution in [3.63, 3.8) is 0 Å². The number of rotatable bonds is 6. The van der Waals surface area contributed by atoms with Crippen LogP contribution in [0.15, 0.2) is 24.3 Å². The number of carbonyl (C=O) groups excluding carboxylic acids is 2. The average Bonchev–Trinajstić information content (AvgIpc) is 2.39. The molecule has 0 aromatic heterocycles. The van der Waals surface area contributed by atoms with Gasteiger partial charge in [0.25, 0.3) is 0 Å². The summed E-state index contributed by atoms with van der Waals surface area (Å²) in [6.45, 7) is 3.32. The average molecular weight is 278 g/mol. The van der Waals surface area contributed by atoms with E-state index in [1.54, 1.807) is 26.0 Å². The van der Waals surface area contributed by atoms with E-state index >= 15 is 0 Å². The molecule has 0 amide bonds. The van der Waals surface area contributed by atoms with E-state index in [2.05, 4.69) is 0 Å². The molecule has 0 unspecified atom stereocenters. The van der Waals surface area contributed by atoms with Crippen molar-refractivity contribution in [1.29, 1.82) is 0 Å². The van der Waals surface area contributed by atoms with E-state index in [0.717, 1.165) is 17.7 Å². The van der Waals surface area contributed by atoms with Crippen molar-refractivity contribution in [2.24, 2.45) is 0 Å². The van der Waals surface area contributed by atoms with Gasteiger partial charge in [-0.25, -0.2) is 0 Å². The summed E-state index contributed by atoms with van der Waals surface area (Å²) in [6, 6.07) is 4.99. The second-order valence-corrected chi connectivity index (χ2v) is 5.36. The number of carbonyl (C=O) groups is 2. The minimum Gasteiger partial charge on any atom is -0.507 e. The molecule has 4 heteroatoms. The van der Waals surface area contributed by atoms with E-state index in [-0.39, 0.29) is 16.6 Å². The molecule has 0 aliphatic carbocycles. The number of Topliss-reactive ketones (excluding diaryl/α,β-unsaturated/α-hetero) is 1. The van der Waals surface area contributed by atoms with Crippen molar-refractivity contribution < 1.29 is 14.7 Å². The zero-order valence-corrected chi connectivity index (χ0v) is 12.0. The van der Waals surface area contributed by atoms with Crippen LogP contribution in [-0.4, -0.2) is 21.8 Å². The van der Waals surface area contributed by atoms with Gasteiger partial charge in [0, 0.05) is 19.1 Å². The molecule has 1 aromatic rings. The van der Waals surface area contributed by atoms with E-state index in [4.69, 9.17) is 0 Å². The van der Waals surface area contributed by atoms with Crippen molar-refractivity contribution in [3.05, 3.63) is 35.4 Å². The molecular weight excluding hydrogens is 260 g/mol. The van der Waals surface area contributed by atoms with Gasteiger partial charge < -0.3 is 5.11 Å². The smallest absolute Gasteiger partial charge is 0.185 e. The van der Waals surface area contributed by atoms with E-state index in [9.17, 15) is 14.7 Å². The Kier molecular flexibility index (Phi) is 6.36. The maximum atomic E-state index is 11.6. The molecule has 0 aliphatic heterocycles. The molecule has 19 heavy (non-hydrogen) atoms. The molecule has 102 valence electrons. The Labute approximate surface area is 117 Å². The predicted octanol–water partition coefficient (Wildman–Crippen LogP) is 3.67. The maximum absolute atomic E-state index is 11.6. The highest BCUT2D eigenvalue weighted by Crippen LogP contribution is 2.21. The number of hydrogen-bond acceptors (Lipinski definition) is 4. The summed E-state index contributed by atoms with van der Waals surface area (Å²) >= 11 is 1.30. The lowest BCUT2D eigenvalue weighted by molar-refractivity contribution is -0.109. The fraction of sp³-hybridized carbons (Fsp3) is 0.333. The number of phenolic OH excluding ortho intramolecular Hbond substituents is 1. The highest BCUT2D eigenvalue weighted by Gasteiger charge is 2.08. The van der Waals surface area contributed by atoms with Crippen LogP contribution in [0.2, 0.25) is 0 Å². The Balaban J connectivity index is 2.66. The van der Waals surface area contributed by atoms with Crippen LogP contribution in [0.1, 0.15) is 42.6 Å². The molecule has 0 bridgehead atoms. The normalized spacial score (nSPS) is 10.8. The van der Waals surface area contributed by atoms with Crippen LogP contribution in [0.25, 0.3) is 6.08 Å². The molecule has 3 nitrogen and oxygen atoms in total. The van der Waals surface area contributed by atoms with Crippen LogP contribution in [0.4, 0.5) is 0 Å². The molecule has 0 heterocycles. The van der Waals surface area contributed by atoms with Gasteiger partial charge in [-0.2, -0.15) is 0 Å². The summed E-state index contributed by atoms with van der Waals surface area (Å²) in [7, 11) is 0. The van der Waals surface area contributed by atoms with Crippen LogP contribution in [0.3, 0.4) is 0 Å². The third kappa shape index (κ3) is 5.30. The Hall–Kier alpha value is -1.55. The summed E-state index contributed by atoms with van der Waals surface area (Å²) in [6.07, 6.45) is 5.02. The molecule has 1 rings (SSSR count). The van der Waals surface area contributed by atoms with Gasteiger partial charge in [-0.3, -0.25) is 9.59 Å². The van der Waals surface area contributed by atoms with Crippen molar-refractivity contribution in [1.82, 2.24) is 0 Å². The first-order chi connectivity index (χ1) is 9.04. The van der Waals surface area contributed by atoms with Crippen molar-refractivity contribution >= 4 is 28.7 Å². The van der Waals surface area contributed by atoms with E-state index in [1.165, 1.54) is 17.8 Å². The molecule has 1 aromatic carbocycles. The van der Waals surface area contributed by atoms with Gasteiger partial charge in [-0.15, -0.1) is 0 Å². The van der Waals surface area contributed by atoms with Gasteiger partial charge in [0.2, 0.25) is 0 Å². The molecule has 0 saturated carbocycles. The molecule has 0 atom stereocenters. The summed E-state index contributed by atoms with van der Waals surface area (Å²) < 4.78 is 0. The second kappa shape index (κ2) is 7.79. The topological polar surface area (TPSA) is 54.4 Å². The van der Waals surface area contributed by atoms with Crippen LogP contribution < -0.4 is 0 Å². The third-order valence-electron chi connectivity index (χ3n) is 2.54. The fourth-order valence-corrected chi connectivity index (χ4v) is 2.10. The summed E-state index contributed by atoms with van der Waals surface area (Å²) in [5.41, 5.74) is 1.24. The van der Waals surface area contributed by atoms with E-state index in [0.29, 0.717) is 12.0 Å². The Morgan fingerprint density at radius 2 is 2.11 bits per heavy atom. The molecule has 1 N–H and O–H groups in total. The van der Waals surface area contributed by atoms with E-state index < -0.39 is 0 Å².